The number of nitrogens with one attached hydrogen (secondary N) is 1. The molecule has 2 aromatic heterocycles. The molecule has 106 valence electrons. The van der Waals surface area contributed by atoms with Crippen molar-refractivity contribution in [2.45, 2.75) is 10.1 Å². The third-order valence-corrected chi connectivity index (χ3v) is 4.02. The zero-order valence-electron chi connectivity index (χ0n) is 11.3. The van der Waals surface area contributed by atoms with Gasteiger partial charge in [0.05, 0.1) is 0 Å². The molecule has 0 radical (unpaired) electrons. The fraction of sp³-hybridized carbons (Fsp3) is 0.0714. The van der Waals surface area contributed by atoms with Crippen LogP contribution in [0.25, 0.3) is 5.65 Å². The van der Waals surface area contributed by atoms with Gasteiger partial charge in [-0.25, -0.2) is 0 Å². The Morgan fingerprint density at radius 2 is 2.14 bits per heavy atom. The fourth-order valence-corrected chi connectivity index (χ4v) is 2.80. The van der Waals surface area contributed by atoms with Crippen LogP contribution in [0.2, 0.25) is 0 Å². The Bertz CT molecular complexity index is 814. The van der Waals surface area contributed by atoms with E-state index in [0.717, 1.165) is 10.5 Å². The van der Waals surface area contributed by atoms with Crippen molar-refractivity contribution in [2.75, 3.05) is 12.8 Å². The number of hydrogen-bond acceptors (Lipinski definition) is 5. The molecule has 0 saturated heterocycles. The maximum absolute atomic E-state index is 11.7. The summed E-state index contributed by atoms with van der Waals surface area (Å²) in [6, 6.07) is 10.9. The molecule has 2 heterocycles. The van der Waals surface area contributed by atoms with Gasteiger partial charge in [-0.3, -0.25) is 9.20 Å². The molecule has 1 amide bonds. The van der Waals surface area contributed by atoms with E-state index in [1.54, 1.807) is 25.2 Å². The van der Waals surface area contributed by atoms with Crippen LogP contribution in [0.15, 0.2) is 52.6 Å². The smallest absolute Gasteiger partial charge is 0.251 e. The van der Waals surface area contributed by atoms with Crippen molar-refractivity contribution in [3.8, 4) is 0 Å². The number of pyridine rings is 1. The zero-order chi connectivity index (χ0) is 14.8. The van der Waals surface area contributed by atoms with E-state index in [1.807, 2.05) is 28.8 Å². The number of hydrogen-bond donors (Lipinski definition) is 2. The lowest BCUT2D eigenvalue weighted by Gasteiger charge is -2.06. The Morgan fingerprint density at radius 3 is 2.95 bits per heavy atom. The van der Waals surface area contributed by atoms with Gasteiger partial charge in [0.25, 0.3) is 5.91 Å². The molecule has 0 fully saturated rings. The number of carbonyl (C=O) groups excluding carboxylic acids is 1. The van der Waals surface area contributed by atoms with Crippen LogP contribution >= 0.6 is 11.8 Å². The number of aromatic nitrogens is 3. The number of nitrogen functional groups attached to an aromatic ring is 1. The van der Waals surface area contributed by atoms with E-state index < -0.39 is 0 Å². The molecule has 0 atom stereocenters. The van der Waals surface area contributed by atoms with Crippen LogP contribution in [0.4, 0.5) is 5.69 Å². The second-order valence-corrected chi connectivity index (χ2v) is 5.35. The van der Waals surface area contributed by atoms with E-state index in [1.165, 1.54) is 11.8 Å². The lowest BCUT2D eigenvalue weighted by molar-refractivity contribution is 0.0963. The lowest BCUT2D eigenvalue weighted by Crippen LogP contribution is -2.17. The van der Waals surface area contributed by atoms with Crippen molar-refractivity contribution in [1.82, 2.24) is 19.9 Å². The minimum Gasteiger partial charge on any atom is -0.398 e. The first kappa shape index (κ1) is 13.4. The molecular weight excluding hydrogens is 286 g/mol. The van der Waals surface area contributed by atoms with Gasteiger partial charge in [0.1, 0.15) is 0 Å². The van der Waals surface area contributed by atoms with Crippen molar-refractivity contribution in [1.29, 1.82) is 0 Å². The summed E-state index contributed by atoms with van der Waals surface area (Å²) in [5.41, 5.74) is 7.90. The average molecular weight is 299 g/mol. The summed E-state index contributed by atoms with van der Waals surface area (Å²) < 4.78 is 1.87. The minimum atomic E-state index is -0.150. The number of carbonyl (C=O) groups is 1. The second kappa shape index (κ2) is 5.45. The van der Waals surface area contributed by atoms with E-state index >= 15 is 0 Å². The first-order valence-electron chi connectivity index (χ1n) is 6.28. The van der Waals surface area contributed by atoms with Crippen molar-refractivity contribution in [3.63, 3.8) is 0 Å². The van der Waals surface area contributed by atoms with Gasteiger partial charge in [-0.2, -0.15) is 0 Å². The molecule has 0 aliphatic carbocycles. The average Bonchev–Trinajstić information content (AvgIpc) is 2.92. The van der Waals surface area contributed by atoms with Gasteiger partial charge in [-0.15, -0.1) is 10.2 Å². The van der Waals surface area contributed by atoms with Gasteiger partial charge in [-0.05, 0) is 42.1 Å². The number of nitrogens with zero attached hydrogens (tertiary/aromatic N) is 3. The lowest BCUT2D eigenvalue weighted by atomic mass is 10.2. The number of benzene rings is 1. The topological polar surface area (TPSA) is 85.3 Å². The maximum Gasteiger partial charge on any atom is 0.251 e. The minimum absolute atomic E-state index is 0.150. The van der Waals surface area contributed by atoms with E-state index in [4.69, 9.17) is 5.73 Å². The third-order valence-electron chi connectivity index (χ3n) is 2.99. The molecule has 1 aromatic carbocycles. The second-order valence-electron chi connectivity index (χ2n) is 4.35. The van der Waals surface area contributed by atoms with Crippen molar-refractivity contribution >= 4 is 29.0 Å². The van der Waals surface area contributed by atoms with E-state index in [2.05, 4.69) is 15.5 Å². The molecule has 0 spiro atoms. The number of fused-ring (bicyclic) bond motifs is 1. The molecule has 3 rings (SSSR count). The molecule has 0 aliphatic rings. The first-order valence-corrected chi connectivity index (χ1v) is 7.10. The Kier molecular flexibility index (Phi) is 3.49. The summed E-state index contributed by atoms with van der Waals surface area (Å²) in [5, 5.41) is 11.5. The molecule has 0 saturated carbocycles. The quantitative estimate of drug-likeness (QED) is 0.721. The van der Waals surface area contributed by atoms with Crippen LogP contribution in [-0.4, -0.2) is 27.6 Å². The monoisotopic (exact) mass is 299 g/mol. The van der Waals surface area contributed by atoms with Crippen LogP contribution in [0.1, 0.15) is 10.4 Å². The SMILES string of the molecule is CNC(=O)c1ccc(N)c(Sc2nnc3ccccn23)c1. The third kappa shape index (κ3) is 2.55. The highest BCUT2D eigenvalue weighted by atomic mass is 32.2. The van der Waals surface area contributed by atoms with Crippen LogP contribution in [0.3, 0.4) is 0 Å². The van der Waals surface area contributed by atoms with Crippen LogP contribution < -0.4 is 11.1 Å². The number of amides is 1. The summed E-state index contributed by atoms with van der Waals surface area (Å²) in [5.74, 6) is -0.150. The molecule has 21 heavy (non-hydrogen) atoms. The van der Waals surface area contributed by atoms with E-state index in [-0.39, 0.29) is 5.91 Å². The molecule has 0 bridgehead atoms. The molecule has 0 aliphatic heterocycles. The molecule has 6 nitrogen and oxygen atoms in total. The van der Waals surface area contributed by atoms with E-state index in [0.29, 0.717) is 16.4 Å². The predicted octanol–water partition coefficient (Wildman–Crippen LogP) is 1.82. The van der Waals surface area contributed by atoms with E-state index in [9.17, 15) is 4.79 Å². The van der Waals surface area contributed by atoms with Gasteiger partial charge in [-0.1, -0.05) is 6.07 Å². The molecule has 3 N–H and O–H groups in total. The molecular formula is C14H13N5OS. The van der Waals surface area contributed by atoms with Crippen molar-refractivity contribution < 1.29 is 4.79 Å². The summed E-state index contributed by atoms with van der Waals surface area (Å²) in [4.78, 5) is 12.5. The van der Waals surface area contributed by atoms with Crippen molar-refractivity contribution in [2.24, 2.45) is 0 Å². The highest BCUT2D eigenvalue weighted by Gasteiger charge is 2.11. The normalized spacial score (nSPS) is 10.7. The van der Waals surface area contributed by atoms with Crippen LogP contribution in [-0.2, 0) is 0 Å². The van der Waals surface area contributed by atoms with Gasteiger partial charge < -0.3 is 11.1 Å². The predicted molar refractivity (Wildman–Crippen MR) is 81.4 cm³/mol. The number of anilines is 1. The highest BCUT2D eigenvalue weighted by Crippen LogP contribution is 2.31. The first-order chi connectivity index (χ1) is 10.2. The van der Waals surface area contributed by atoms with Gasteiger partial charge in [0.2, 0.25) is 5.16 Å². The van der Waals surface area contributed by atoms with Crippen molar-refractivity contribution in [3.05, 3.63) is 48.2 Å². The molecule has 7 heteroatoms. The maximum atomic E-state index is 11.7. The Morgan fingerprint density at radius 1 is 1.29 bits per heavy atom. The van der Waals surface area contributed by atoms with Crippen LogP contribution in [0.5, 0.6) is 0 Å². The number of rotatable bonds is 3. The van der Waals surface area contributed by atoms with Crippen LogP contribution in [0, 0.1) is 0 Å². The molecule has 0 unspecified atom stereocenters. The standard InChI is InChI=1S/C14H13N5OS/c1-16-13(20)9-5-6-10(15)11(8-9)21-14-18-17-12-4-2-3-7-19(12)14/h2-8H,15H2,1H3,(H,16,20). The zero-order valence-corrected chi connectivity index (χ0v) is 12.1. The number of nitrogens with two attached hydrogens (primary N) is 1. The van der Waals surface area contributed by atoms with Gasteiger partial charge in [0.15, 0.2) is 5.65 Å². The Labute approximate surface area is 125 Å². The highest BCUT2D eigenvalue weighted by molar-refractivity contribution is 7.99. The fourth-order valence-electron chi connectivity index (χ4n) is 1.90. The summed E-state index contributed by atoms with van der Waals surface area (Å²) in [6.07, 6.45) is 1.89. The summed E-state index contributed by atoms with van der Waals surface area (Å²) in [7, 11) is 1.59. The largest absolute Gasteiger partial charge is 0.398 e. The summed E-state index contributed by atoms with van der Waals surface area (Å²) >= 11 is 1.38. The van der Waals surface area contributed by atoms with Gasteiger partial charge in [0, 0.05) is 29.4 Å². The molecule has 3 aromatic rings. The Hall–Kier alpha value is -2.54. The Balaban J connectivity index is 1.99. The summed E-state index contributed by atoms with van der Waals surface area (Å²) in [6.45, 7) is 0. The van der Waals surface area contributed by atoms with Gasteiger partial charge >= 0.3 is 0 Å².